The van der Waals surface area contributed by atoms with Gasteiger partial charge in [0.25, 0.3) is 11.5 Å². The molecule has 4 atom stereocenters. The third-order valence-corrected chi connectivity index (χ3v) is 6.11. The van der Waals surface area contributed by atoms with Gasteiger partial charge in [-0.1, -0.05) is 16.6 Å². The Hall–Kier alpha value is -2.55. The van der Waals surface area contributed by atoms with E-state index in [9.17, 15) is 14.5 Å². The first-order chi connectivity index (χ1) is 16.6. The molecule has 0 radical (unpaired) electrons. The van der Waals surface area contributed by atoms with Crippen molar-refractivity contribution in [2.75, 3.05) is 26.1 Å². The Morgan fingerprint density at radius 2 is 2.06 bits per heavy atom. The monoisotopic (exact) mass is 532 g/mol. The minimum Gasteiger partial charge on any atom is -0.490 e. The minimum atomic E-state index is -4.78. The van der Waals surface area contributed by atoms with E-state index in [0.717, 1.165) is 0 Å². The molecule has 0 spiro atoms. The number of fused-ring (bicyclic) bond motifs is 1. The first-order valence-electron chi connectivity index (χ1n) is 10.3. The number of aromatic nitrogens is 4. The Balaban J connectivity index is 1.62. The van der Waals surface area contributed by atoms with Crippen molar-refractivity contribution >= 4 is 36.5 Å². The van der Waals surface area contributed by atoms with Gasteiger partial charge in [-0.05, 0) is 24.3 Å². The van der Waals surface area contributed by atoms with Gasteiger partial charge in [-0.3, -0.25) is 18.9 Å². The maximum Gasteiger partial charge on any atom is 0.469 e. The van der Waals surface area contributed by atoms with E-state index in [1.807, 2.05) is 0 Å². The molecule has 1 aliphatic rings. The lowest BCUT2D eigenvalue weighted by Gasteiger charge is -2.17. The lowest BCUT2D eigenvalue weighted by Crippen LogP contribution is -2.46. The highest BCUT2D eigenvalue weighted by molar-refractivity contribution is 7.46. The van der Waals surface area contributed by atoms with Gasteiger partial charge in [0.2, 0.25) is 11.7 Å². The number of nitrogens with two attached hydrogens (primary N) is 1. The van der Waals surface area contributed by atoms with Gasteiger partial charge in [-0.25, -0.2) is 9.13 Å². The van der Waals surface area contributed by atoms with Crippen molar-refractivity contribution in [3.8, 4) is 5.75 Å². The van der Waals surface area contributed by atoms with Gasteiger partial charge in [-0.2, -0.15) is 0 Å². The van der Waals surface area contributed by atoms with Gasteiger partial charge in [0.15, 0.2) is 6.33 Å². The Kier molecular flexibility index (Phi) is 7.45. The fourth-order valence-corrected chi connectivity index (χ4v) is 4.33. The normalized spacial score (nSPS) is 22.7. The van der Waals surface area contributed by atoms with Crippen molar-refractivity contribution in [3.63, 3.8) is 0 Å². The van der Waals surface area contributed by atoms with E-state index in [-0.39, 0.29) is 30.3 Å². The molecule has 1 aromatic carbocycles. The summed E-state index contributed by atoms with van der Waals surface area (Å²) in [7, 11) is -3.47. The molecule has 0 saturated carbocycles. The zero-order valence-corrected chi connectivity index (χ0v) is 20.0. The first kappa shape index (κ1) is 25.5. The lowest BCUT2D eigenvalue weighted by molar-refractivity contribution is -0.746. The Morgan fingerprint density at radius 3 is 2.71 bits per heavy atom. The number of methoxy groups -OCH3 is 1. The molecule has 0 unspecified atom stereocenters. The molecule has 2 aromatic heterocycles. The van der Waals surface area contributed by atoms with E-state index in [1.165, 1.54) is 18.0 Å². The molecule has 3 heterocycles. The average Bonchev–Trinajstić information content (AvgIpc) is 3.30. The van der Waals surface area contributed by atoms with Crippen LogP contribution in [-0.4, -0.2) is 68.1 Å². The molecule has 0 aliphatic carbocycles. The smallest absolute Gasteiger partial charge is 0.469 e. The lowest BCUT2D eigenvalue weighted by atomic mass is 10.1. The van der Waals surface area contributed by atoms with Gasteiger partial charge >= 0.3 is 13.5 Å². The number of rotatable bonds is 9. The topological polar surface area (TPSA) is 195 Å². The highest BCUT2D eigenvalue weighted by Crippen LogP contribution is 2.38. The van der Waals surface area contributed by atoms with Crippen LogP contribution in [0.3, 0.4) is 0 Å². The van der Waals surface area contributed by atoms with Crippen molar-refractivity contribution < 1.29 is 42.8 Å². The van der Waals surface area contributed by atoms with Crippen molar-refractivity contribution in [1.82, 2.24) is 14.5 Å². The van der Waals surface area contributed by atoms with Crippen LogP contribution in [0.4, 0.5) is 5.95 Å². The Bertz CT molecular complexity index is 1290. The summed E-state index contributed by atoms with van der Waals surface area (Å²) in [5, 5.41) is 11.4. The average molecular weight is 533 g/mol. The second-order valence-electron chi connectivity index (χ2n) is 7.68. The number of aliphatic hydroxyl groups excluding tert-OH is 1. The number of phosphoric acid groups is 1. The maximum absolute atomic E-state index is 12.7. The summed E-state index contributed by atoms with van der Waals surface area (Å²) in [6.07, 6.45) is -2.91. The van der Waals surface area contributed by atoms with Crippen LogP contribution in [0.5, 0.6) is 5.75 Å². The number of aromatic amines is 1. The summed E-state index contributed by atoms with van der Waals surface area (Å²) in [5.74, 6) is 0.434. The van der Waals surface area contributed by atoms with Crippen LogP contribution >= 0.6 is 19.4 Å². The molecule has 35 heavy (non-hydrogen) atoms. The molecule has 1 saturated heterocycles. The van der Waals surface area contributed by atoms with Crippen LogP contribution in [0.15, 0.2) is 35.4 Å². The highest BCUT2D eigenvalue weighted by atomic mass is 35.5. The number of phosphoric ester groups is 1. The molecule has 1 aliphatic heterocycles. The van der Waals surface area contributed by atoms with E-state index >= 15 is 0 Å². The third-order valence-electron chi connectivity index (χ3n) is 5.37. The van der Waals surface area contributed by atoms with Gasteiger partial charge < -0.3 is 34.8 Å². The van der Waals surface area contributed by atoms with Crippen LogP contribution in [0, 0.1) is 0 Å². The number of ether oxygens (including phenoxy) is 3. The van der Waals surface area contributed by atoms with E-state index in [0.29, 0.717) is 10.8 Å². The molecular formula is C19H24ClN5O9P+. The second kappa shape index (κ2) is 10.2. The van der Waals surface area contributed by atoms with Crippen LogP contribution in [0.1, 0.15) is 6.23 Å². The minimum absolute atomic E-state index is 0.119. The quantitative estimate of drug-likeness (QED) is 0.179. The number of imidazole rings is 1. The number of nitrogens with zero attached hydrogens (tertiary/aromatic N) is 3. The predicted octanol–water partition coefficient (Wildman–Crippen LogP) is -0.291. The van der Waals surface area contributed by atoms with Gasteiger partial charge in [0.05, 0.1) is 6.61 Å². The van der Waals surface area contributed by atoms with Crippen molar-refractivity contribution in [2.24, 2.45) is 0 Å². The predicted molar refractivity (Wildman–Crippen MR) is 121 cm³/mol. The van der Waals surface area contributed by atoms with E-state index in [1.54, 1.807) is 28.8 Å². The zero-order valence-electron chi connectivity index (χ0n) is 18.4. The number of hydrogen-bond donors (Lipinski definition) is 5. The number of halogens is 1. The summed E-state index contributed by atoms with van der Waals surface area (Å²) in [4.78, 5) is 37.4. The Labute approximate surface area is 203 Å². The molecule has 0 bridgehead atoms. The molecule has 1 fully saturated rings. The maximum atomic E-state index is 12.7. The largest absolute Gasteiger partial charge is 0.490 e. The van der Waals surface area contributed by atoms with Crippen LogP contribution in [0.25, 0.3) is 11.2 Å². The number of anilines is 1. The number of nitrogen functional groups attached to an aromatic ring is 1. The van der Waals surface area contributed by atoms with E-state index < -0.39 is 44.5 Å². The standard InChI is InChI=1S/C19H23ClN5O9P/c1-31-15-12(8-33-35(28,29)30)34-18(14(15)26)25-9-24(13-16(25)22-19(21)23-17(13)27)6-7-32-11-4-2-10(20)3-5-11/h2-5,9,12,14-15,18,26H,6-8H2,1H3,(H4-,21,22,23,27,28,29,30)/p+1/t12-,14-,15-,18-/m1/s1. The van der Waals surface area contributed by atoms with Crippen molar-refractivity contribution in [2.45, 2.75) is 31.1 Å². The highest BCUT2D eigenvalue weighted by Gasteiger charge is 2.48. The van der Waals surface area contributed by atoms with E-state index in [4.69, 9.17) is 41.3 Å². The van der Waals surface area contributed by atoms with Gasteiger partial charge in [0.1, 0.15) is 37.2 Å². The fraction of sp³-hybridized carbons (Fsp3) is 0.421. The van der Waals surface area contributed by atoms with E-state index in [2.05, 4.69) is 14.5 Å². The summed E-state index contributed by atoms with van der Waals surface area (Å²) in [6.45, 7) is -0.133. The molecular weight excluding hydrogens is 509 g/mol. The molecule has 0 amide bonds. The molecule has 16 heteroatoms. The summed E-state index contributed by atoms with van der Waals surface area (Å²) in [6, 6.07) is 6.79. The van der Waals surface area contributed by atoms with Gasteiger partial charge in [0, 0.05) is 12.1 Å². The molecule has 3 aromatic rings. The molecule has 6 N–H and O–H groups in total. The summed E-state index contributed by atoms with van der Waals surface area (Å²) in [5.41, 5.74) is 5.49. The molecule has 190 valence electrons. The number of aliphatic hydroxyl groups is 1. The summed E-state index contributed by atoms with van der Waals surface area (Å²) < 4.78 is 35.4. The molecule has 14 nitrogen and oxygen atoms in total. The van der Waals surface area contributed by atoms with Crippen LogP contribution < -0.4 is 20.6 Å². The number of hydrogen-bond acceptors (Lipinski definition) is 9. The van der Waals surface area contributed by atoms with Crippen molar-refractivity contribution in [1.29, 1.82) is 0 Å². The number of benzene rings is 1. The number of nitrogens with one attached hydrogen (secondary N) is 1. The van der Waals surface area contributed by atoms with Crippen molar-refractivity contribution in [3.05, 3.63) is 46.0 Å². The van der Waals surface area contributed by atoms with Crippen LogP contribution in [-0.2, 0) is 25.1 Å². The first-order valence-corrected chi connectivity index (χ1v) is 12.2. The fourth-order valence-electron chi connectivity index (χ4n) is 3.87. The van der Waals surface area contributed by atoms with Crippen LogP contribution in [0.2, 0.25) is 5.02 Å². The summed E-state index contributed by atoms with van der Waals surface area (Å²) >= 11 is 5.88. The SMILES string of the molecule is CO[C@H]1[C@@H](O)[C@H]([n+]2cn(CCOc3ccc(Cl)cc3)c3c(=O)[nH]c(N)nc32)O[C@@H]1COP(=O)(O)O. The zero-order chi connectivity index (χ0) is 25.3. The molecule has 4 rings (SSSR count). The van der Waals surface area contributed by atoms with Gasteiger partial charge in [-0.15, -0.1) is 0 Å². The second-order valence-corrected chi connectivity index (χ2v) is 9.36. The third kappa shape index (κ3) is 5.66. The number of H-pyrrole nitrogens is 1. The Morgan fingerprint density at radius 1 is 1.34 bits per heavy atom.